The van der Waals surface area contributed by atoms with Crippen molar-refractivity contribution in [2.24, 2.45) is 0 Å². The maximum Gasteiger partial charge on any atom is 0.494 e. The van der Waals surface area contributed by atoms with Gasteiger partial charge in [-0.15, -0.1) is 0 Å². The van der Waals surface area contributed by atoms with E-state index in [0.717, 1.165) is 11.0 Å². The molecule has 2 aliphatic heterocycles. The number of aromatic nitrogens is 1. The average Bonchev–Trinajstić information content (AvgIpc) is 2.86. The lowest BCUT2D eigenvalue weighted by Gasteiger charge is -2.33. The molecule has 2 aromatic rings. The van der Waals surface area contributed by atoms with Crippen LogP contribution in [0.4, 0.5) is 4.39 Å². The number of hydrogen-bond acceptors (Lipinski definition) is 5. The van der Waals surface area contributed by atoms with Gasteiger partial charge in [-0.3, -0.25) is 4.98 Å². The molecule has 2 saturated heterocycles. The molecule has 0 amide bonds. The minimum Gasteiger partial charge on any atom is -0.489 e. The van der Waals surface area contributed by atoms with Crippen molar-refractivity contribution in [3.63, 3.8) is 0 Å². The van der Waals surface area contributed by atoms with Crippen LogP contribution in [0.3, 0.4) is 0 Å². The molecule has 3 heterocycles. The monoisotopic (exact) mass is 385 g/mol. The standard InChI is InChI=1S/C21H25BFNO4/c1-19(2)20(3,4)28-22(27-19)17-5-7-18(8-6-17)26-12-15-9-16(11-24-10-15)21(23)13-25-14-21/h5-11H,12-14H2,1-4H3. The van der Waals surface area contributed by atoms with Crippen LogP contribution < -0.4 is 10.2 Å². The number of halogens is 1. The van der Waals surface area contributed by atoms with Gasteiger partial charge in [0.05, 0.1) is 24.4 Å². The fraction of sp³-hybridized carbons (Fsp3) is 0.476. The largest absolute Gasteiger partial charge is 0.494 e. The molecule has 2 fully saturated rings. The predicted molar refractivity (Wildman–Crippen MR) is 104 cm³/mol. The van der Waals surface area contributed by atoms with E-state index in [9.17, 15) is 4.39 Å². The Morgan fingerprint density at radius 1 is 1.04 bits per heavy atom. The summed E-state index contributed by atoms with van der Waals surface area (Å²) in [5.41, 5.74) is 0.133. The van der Waals surface area contributed by atoms with Crippen LogP contribution in [0.15, 0.2) is 42.7 Å². The number of ether oxygens (including phenoxy) is 2. The van der Waals surface area contributed by atoms with Gasteiger partial charge in [0.2, 0.25) is 0 Å². The second kappa shape index (κ2) is 6.83. The first-order valence-electron chi connectivity index (χ1n) is 9.48. The molecular weight excluding hydrogens is 360 g/mol. The zero-order valence-electron chi connectivity index (χ0n) is 16.7. The smallest absolute Gasteiger partial charge is 0.489 e. The Kier molecular flexibility index (Phi) is 4.72. The van der Waals surface area contributed by atoms with Crippen LogP contribution in [0.1, 0.15) is 38.8 Å². The van der Waals surface area contributed by atoms with Crippen LogP contribution in [0, 0.1) is 0 Å². The van der Waals surface area contributed by atoms with Crippen molar-refractivity contribution in [2.45, 2.75) is 51.2 Å². The molecule has 0 saturated carbocycles. The maximum atomic E-state index is 14.5. The molecule has 0 radical (unpaired) electrons. The van der Waals surface area contributed by atoms with Gasteiger partial charge in [0.15, 0.2) is 5.67 Å². The fourth-order valence-electron chi connectivity index (χ4n) is 3.13. The van der Waals surface area contributed by atoms with Gasteiger partial charge in [0, 0.05) is 23.5 Å². The van der Waals surface area contributed by atoms with Gasteiger partial charge in [-0.2, -0.15) is 0 Å². The lowest BCUT2D eigenvalue weighted by Crippen LogP contribution is -2.42. The van der Waals surface area contributed by atoms with E-state index in [1.54, 1.807) is 18.5 Å². The lowest BCUT2D eigenvalue weighted by molar-refractivity contribution is -0.135. The number of nitrogens with zero attached hydrogens (tertiary/aromatic N) is 1. The van der Waals surface area contributed by atoms with Crippen molar-refractivity contribution in [1.82, 2.24) is 4.98 Å². The summed E-state index contributed by atoms with van der Waals surface area (Å²) in [5, 5.41) is 0. The second-order valence-electron chi connectivity index (χ2n) is 8.49. The quantitative estimate of drug-likeness (QED) is 0.741. The molecule has 2 aliphatic rings. The third-order valence-electron chi connectivity index (χ3n) is 5.78. The second-order valence-corrected chi connectivity index (χ2v) is 8.49. The van der Waals surface area contributed by atoms with Crippen molar-refractivity contribution in [3.05, 3.63) is 53.9 Å². The highest BCUT2D eigenvalue weighted by Crippen LogP contribution is 2.36. The first-order valence-corrected chi connectivity index (χ1v) is 9.48. The van der Waals surface area contributed by atoms with Crippen molar-refractivity contribution >= 4 is 12.6 Å². The van der Waals surface area contributed by atoms with Crippen LogP contribution in [-0.2, 0) is 26.3 Å². The zero-order chi connectivity index (χ0) is 20.0. The molecule has 0 atom stereocenters. The molecule has 1 aromatic carbocycles. The van der Waals surface area contributed by atoms with Gasteiger partial charge < -0.3 is 18.8 Å². The molecule has 148 valence electrons. The fourth-order valence-corrected chi connectivity index (χ4v) is 3.13. The van der Waals surface area contributed by atoms with Crippen LogP contribution in [0.5, 0.6) is 5.75 Å². The van der Waals surface area contributed by atoms with Gasteiger partial charge >= 0.3 is 7.12 Å². The van der Waals surface area contributed by atoms with E-state index >= 15 is 0 Å². The molecule has 0 bridgehead atoms. The summed E-state index contributed by atoms with van der Waals surface area (Å²) in [5.74, 6) is 0.715. The van der Waals surface area contributed by atoms with E-state index in [-0.39, 0.29) is 24.4 Å². The van der Waals surface area contributed by atoms with Gasteiger partial charge in [0.25, 0.3) is 0 Å². The molecule has 7 heteroatoms. The highest BCUT2D eigenvalue weighted by molar-refractivity contribution is 6.62. The normalized spacial score (nSPS) is 22.0. The third-order valence-corrected chi connectivity index (χ3v) is 5.78. The third kappa shape index (κ3) is 3.54. The number of rotatable bonds is 5. The molecule has 5 nitrogen and oxygen atoms in total. The topological polar surface area (TPSA) is 49.8 Å². The minimum absolute atomic E-state index is 0.0827. The summed E-state index contributed by atoms with van der Waals surface area (Å²) in [4.78, 5) is 4.13. The van der Waals surface area contributed by atoms with Gasteiger partial charge in [-0.25, -0.2) is 4.39 Å². The zero-order valence-corrected chi connectivity index (χ0v) is 16.7. The Hall–Kier alpha value is -1.96. The van der Waals surface area contributed by atoms with Crippen molar-refractivity contribution < 1.29 is 23.2 Å². The molecule has 0 aliphatic carbocycles. The molecule has 0 unspecified atom stereocenters. The van der Waals surface area contributed by atoms with Gasteiger partial charge in [-0.1, -0.05) is 12.1 Å². The van der Waals surface area contributed by atoms with E-state index in [4.69, 9.17) is 18.8 Å². The number of alkyl halides is 1. The number of hydrogen-bond donors (Lipinski definition) is 0. The van der Waals surface area contributed by atoms with E-state index in [0.29, 0.717) is 17.9 Å². The van der Waals surface area contributed by atoms with Crippen LogP contribution >= 0.6 is 0 Å². The Labute approximate surface area is 165 Å². The van der Waals surface area contributed by atoms with Gasteiger partial charge in [-0.05, 0) is 51.4 Å². The Morgan fingerprint density at radius 3 is 2.25 bits per heavy atom. The minimum atomic E-state index is -1.42. The van der Waals surface area contributed by atoms with Crippen LogP contribution in [0.2, 0.25) is 0 Å². The first kappa shape index (κ1) is 19.4. The lowest BCUT2D eigenvalue weighted by atomic mass is 9.79. The van der Waals surface area contributed by atoms with Gasteiger partial charge in [0.1, 0.15) is 12.4 Å². The van der Waals surface area contributed by atoms with Crippen molar-refractivity contribution in [2.75, 3.05) is 13.2 Å². The first-order chi connectivity index (χ1) is 13.2. The average molecular weight is 385 g/mol. The SMILES string of the molecule is CC1(C)OB(c2ccc(OCc3cncc(C4(F)COC4)c3)cc2)OC1(C)C. The highest BCUT2D eigenvalue weighted by atomic mass is 19.1. The molecule has 28 heavy (non-hydrogen) atoms. The predicted octanol–water partition coefficient (Wildman–Crippen LogP) is 3.15. The maximum absolute atomic E-state index is 14.5. The van der Waals surface area contributed by atoms with E-state index in [2.05, 4.69) is 4.98 Å². The summed E-state index contributed by atoms with van der Waals surface area (Å²) >= 11 is 0. The van der Waals surface area contributed by atoms with Crippen LogP contribution in [-0.4, -0.2) is 36.5 Å². The summed E-state index contributed by atoms with van der Waals surface area (Å²) in [6.45, 7) is 8.61. The van der Waals surface area contributed by atoms with E-state index in [1.807, 2.05) is 52.0 Å². The Morgan fingerprint density at radius 2 is 1.68 bits per heavy atom. The van der Waals surface area contributed by atoms with E-state index in [1.165, 1.54) is 0 Å². The van der Waals surface area contributed by atoms with E-state index < -0.39 is 12.8 Å². The molecule has 0 spiro atoms. The molecule has 1 aromatic heterocycles. The Balaban J connectivity index is 1.39. The molecule has 0 N–H and O–H groups in total. The summed E-state index contributed by atoms with van der Waals surface area (Å²) in [7, 11) is -0.398. The van der Waals surface area contributed by atoms with Crippen LogP contribution in [0.25, 0.3) is 0 Å². The molecular formula is C21H25BFNO4. The molecule has 4 rings (SSSR count). The van der Waals surface area contributed by atoms with Crippen molar-refractivity contribution in [1.29, 1.82) is 0 Å². The number of pyridine rings is 1. The summed E-state index contributed by atoms with van der Waals surface area (Å²) < 4.78 is 37.4. The summed E-state index contributed by atoms with van der Waals surface area (Å²) in [6.07, 6.45) is 3.23. The van der Waals surface area contributed by atoms with Crippen molar-refractivity contribution in [3.8, 4) is 5.75 Å². The number of benzene rings is 1. The summed E-state index contributed by atoms with van der Waals surface area (Å²) in [6, 6.07) is 9.43. The Bertz CT molecular complexity index is 836. The highest BCUT2D eigenvalue weighted by Gasteiger charge is 2.51.